The summed E-state index contributed by atoms with van der Waals surface area (Å²) >= 11 is 0. The molecule has 0 radical (unpaired) electrons. The fraction of sp³-hybridized carbons (Fsp3) is 0.593. The maximum absolute atomic E-state index is 13.0. The zero-order valence-electron chi connectivity index (χ0n) is 22.3. The lowest BCUT2D eigenvalue weighted by Crippen LogP contribution is -2.59. The minimum absolute atomic E-state index is 0.00717. The number of hydrogen-bond donors (Lipinski definition) is 2. The van der Waals surface area contributed by atoms with Crippen LogP contribution in [0.15, 0.2) is 30.4 Å². The molecule has 1 aromatic carbocycles. The Balaban J connectivity index is 1.88. The molecule has 0 saturated carbocycles. The number of carbonyl (C=O) groups excluding carboxylic acids is 3. The Morgan fingerprint density at radius 2 is 1.94 bits per heavy atom. The van der Waals surface area contributed by atoms with Crippen molar-refractivity contribution in [2.75, 3.05) is 40.3 Å². The quantitative estimate of drug-likeness (QED) is 0.336. The molecule has 2 N–H and O–H groups in total. The number of rotatable bonds is 12. The Bertz CT molecular complexity index is 902. The fourth-order valence-electron chi connectivity index (χ4n) is 4.06. The van der Waals surface area contributed by atoms with Gasteiger partial charge in [0.25, 0.3) is 0 Å². The molecule has 1 fully saturated rings. The molecule has 1 heterocycles. The number of piperazine rings is 1. The number of allylic oxidation sites excluding steroid dienone is 2. The van der Waals surface area contributed by atoms with Crippen LogP contribution in [0, 0.1) is 5.92 Å². The van der Waals surface area contributed by atoms with Gasteiger partial charge < -0.3 is 29.9 Å². The third-order valence-corrected chi connectivity index (χ3v) is 6.06. The summed E-state index contributed by atoms with van der Waals surface area (Å²) in [5, 5.41) is 6.01. The van der Waals surface area contributed by atoms with Gasteiger partial charge in [0.05, 0.1) is 13.2 Å². The van der Waals surface area contributed by atoms with Crippen molar-refractivity contribution in [2.45, 2.75) is 59.0 Å². The first-order valence-corrected chi connectivity index (χ1v) is 12.7. The smallest absolute Gasteiger partial charge is 0.415 e. The predicted molar refractivity (Wildman–Crippen MR) is 140 cm³/mol. The highest BCUT2D eigenvalue weighted by Gasteiger charge is 2.32. The van der Waals surface area contributed by atoms with Crippen LogP contribution in [0.4, 0.5) is 4.79 Å². The maximum Gasteiger partial charge on any atom is 0.415 e. The molecule has 1 aliphatic rings. The molecule has 0 spiro atoms. The lowest BCUT2D eigenvalue weighted by atomic mass is 10.1. The van der Waals surface area contributed by atoms with Gasteiger partial charge in [0.1, 0.15) is 0 Å². The number of benzene rings is 1. The highest BCUT2D eigenvalue weighted by atomic mass is 16.6. The lowest BCUT2D eigenvalue weighted by Gasteiger charge is -2.40. The molecule has 0 aliphatic carbocycles. The van der Waals surface area contributed by atoms with Crippen LogP contribution in [-0.2, 0) is 16.1 Å². The third kappa shape index (κ3) is 9.53. The van der Waals surface area contributed by atoms with E-state index in [0.29, 0.717) is 56.6 Å². The molecule has 1 aliphatic heterocycles. The van der Waals surface area contributed by atoms with Crippen LogP contribution in [0.1, 0.15) is 52.0 Å². The van der Waals surface area contributed by atoms with Crippen LogP contribution in [0.2, 0.25) is 0 Å². The second-order valence-corrected chi connectivity index (χ2v) is 9.42. The molecule has 0 aromatic heterocycles. The summed E-state index contributed by atoms with van der Waals surface area (Å²) in [6.45, 7) is 8.06. The van der Waals surface area contributed by atoms with Crippen LogP contribution in [0.5, 0.6) is 11.5 Å². The van der Waals surface area contributed by atoms with Crippen molar-refractivity contribution in [3.63, 3.8) is 0 Å². The largest absolute Gasteiger partial charge is 0.493 e. The highest BCUT2D eigenvalue weighted by Crippen LogP contribution is 2.29. The number of carbonyl (C=O) groups is 3. The van der Waals surface area contributed by atoms with E-state index in [1.807, 2.05) is 7.05 Å². The highest BCUT2D eigenvalue weighted by molar-refractivity contribution is 5.76. The first kappa shape index (κ1) is 29.2. The van der Waals surface area contributed by atoms with Gasteiger partial charge in [-0.25, -0.2) is 4.79 Å². The van der Waals surface area contributed by atoms with E-state index in [2.05, 4.69) is 36.6 Å². The van der Waals surface area contributed by atoms with Crippen LogP contribution >= 0.6 is 0 Å². The molecule has 1 aromatic rings. The number of amides is 3. The Morgan fingerprint density at radius 1 is 1.17 bits per heavy atom. The summed E-state index contributed by atoms with van der Waals surface area (Å²) in [5.41, 5.74) is 0.850. The SMILES string of the molecule is CNCC1CN(C(C)=O)CCN1C(=O)Oc1ccc(CNC(=O)CCCC/C=C/C(C)C)cc1OC. The Kier molecular flexibility index (Phi) is 12.3. The van der Waals surface area contributed by atoms with Crippen LogP contribution in [0.3, 0.4) is 0 Å². The molecule has 1 unspecified atom stereocenters. The fourth-order valence-corrected chi connectivity index (χ4v) is 4.06. The Hall–Kier alpha value is -3.07. The van der Waals surface area contributed by atoms with Gasteiger partial charge in [0.15, 0.2) is 11.5 Å². The average Bonchev–Trinajstić information content (AvgIpc) is 2.85. The van der Waals surface area contributed by atoms with E-state index in [0.717, 1.165) is 24.8 Å². The topological polar surface area (TPSA) is 100 Å². The van der Waals surface area contributed by atoms with Crippen LogP contribution in [-0.4, -0.2) is 74.1 Å². The first-order chi connectivity index (χ1) is 17.2. The summed E-state index contributed by atoms with van der Waals surface area (Å²) in [7, 11) is 3.32. The molecular weight excluding hydrogens is 460 g/mol. The van der Waals surface area contributed by atoms with Crippen molar-refractivity contribution in [3.05, 3.63) is 35.9 Å². The normalized spacial score (nSPS) is 15.9. The standard InChI is InChI=1S/C27H42N4O5/c1-20(2)10-8-6-7-9-11-26(33)29-17-22-12-13-24(25(16-22)35-5)36-27(34)31-15-14-30(21(3)32)19-23(31)18-28-4/h8,10,12-13,16,20,23,28H,6-7,9,11,14-15,17-19H2,1-5H3,(H,29,33)/b10-8+. The number of unbranched alkanes of at least 4 members (excludes halogenated alkanes) is 2. The minimum atomic E-state index is -0.485. The lowest BCUT2D eigenvalue weighted by molar-refractivity contribution is -0.131. The van der Waals surface area contributed by atoms with Gasteiger partial charge in [0.2, 0.25) is 11.8 Å². The van der Waals surface area contributed by atoms with E-state index in [9.17, 15) is 14.4 Å². The van der Waals surface area contributed by atoms with E-state index in [4.69, 9.17) is 9.47 Å². The summed E-state index contributed by atoms with van der Waals surface area (Å²) in [5.74, 6) is 1.28. The molecule has 36 heavy (non-hydrogen) atoms. The third-order valence-electron chi connectivity index (χ3n) is 6.06. The summed E-state index contributed by atoms with van der Waals surface area (Å²) < 4.78 is 11.1. The molecule has 1 saturated heterocycles. The van der Waals surface area contributed by atoms with Crippen molar-refractivity contribution in [3.8, 4) is 11.5 Å². The van der Waals surface area contributed by atoms with E-state index >= 15 is 0 Å². The molecule has 1 atom stereocenters. The van der Waals surface area contributed by atoms with Crippen LogP contribution < -0.4 is 20.1 Å². The molecule has 9 heteroatoms. The van der Waals surface area contributed by atoms with E-state index in [-0.39, 0.29) is 17.9 Å². The summed E-state index contributed by atoms with van der Waals surface area (Å²) in [6.07, 6.45) is 7.20. The van der Waals surface area contributed by atoms with Gasteiger partial charge in [0, 0.05) is 46.1 Å². The molecule has 3 amide bonds. The number of nitrogens with one attached hydrogen (secondary N) is 2. The molecule has 9 nitrogen and oxygen atoms in total. The van der Waals surface area contributed by atoms with Crippen molar-refractivity contribution in [1.82, 2.24) is 20.4 Å². The number of hydrogen-bond acceptors (Lipinski definition) is 6. The van der Waals surface area contributed by atoms with Crippen molar-refractivity contribution in [1.29, 1.82) is 0 Å². The van der Waals surface area contributed by atoms with E-state index in [1.165, 1.54) is 14.0 Å². The zero-order chi connectivity index (χ0) is 26.5. The predicted octanol–water partition coefficient (Wildman–Crippen LogP) is 3.33. The summed E-state index contributed by atoms with van der Waals surface area (Å²) in [6, 6.07) is 5.06. The van der Waals surface area contributed by atoms with Gasteiger partial charge in [-0.3, -0.25) is 9.59 Å². The monoisotopic (exact) mass is 502 g/mol. The second kappa shape index (κ2) is 15.1. The number of ether oxygens (including phenoxy) is 2. The zero-order valence-corrected chi connectivity index (χ0v) is 22.3. The second-order valence-electron chi connectivity index (χ2n) is 9.42. The molecule has 2 rings (SSSR count). The number of methoxy groups -OCH3 is 1. The van der Waals surface area contributed by atoms with Gasteiger partial charge in [-0.1, -0.05) is 32.1 Å². The molecule has 0 bridgehead atoms. The van der Waals surface area contributed by atoms with Gasteiger partial charge >= 0.3 is 6.09 Å². The first-order valence-electron chi connectivity index (χ1n) is 12.7. The Labute approximate surface area is 215 Å². The van der Waals surface area contributed by atoms with Crippen molar-refractivity contribution in [2.24, 2.45) is 5.92 Å². The van der Waals surface area contributed by atoms with Crippen molar-refractivity contribution < 1.29 is 23.9 Å². The van der Waals surface area contributed by atoms with Crippen LogP contribution in [0.25, 0.3) is 0 Å². The van der Waals surface area contributed by atoms with Crippen molar-refractivity contribution >= 4 is 17.9 Å². The number of nitrogens with zero attached hydrogens (tertiary/aromatic N) is 2. The van der Waals surface area contributed by atoms with Gasteiger partial charge in [-0.05, 0) is 49.9 Å². The maximum atomic E-state index is 13.0. The average molecular weight is 503 g/mol. The van der Waals surface area contributed by atoms with E-state index in [1.54, 1.807) is 28.0 Å². The summed E-state index contributed by atoms with van der Waals surface area (Å²) in [4.78, 5) is 40.3. The van der Waals surface area contributed by atoms with Gasteiger partial charge in [-0.2, -0.15) is 0 Å². The Morgan fingerprint density at radius 3 is 2.61 bits per heavy atom. The molecular formula is C27H42N4O5. The number of likely N-dealkylation sites (N-methyl/N-ethyl adjacent to an activating group) is 1. The molecule has 200 valence electrons. The minimum Gasteiger partial charge on any atom is -0.493 e. The van der Waals surface area contributed by atoms with E-state index < -0.39 is 6.09 Å². The van der Waals surface area contributed by atoms with Gasteiger partial charge in [-0.15, -0.1) is 0 Å².